The van der Waals surface area contributed by atoms with E-state index < -0.39 is 0 Å². The molecule has 0 radical (unpaired) electrons. The number of nitro benzene ring substituents is 1. The Kier molecular flexibility index (Phi) is 4.73. The third-order valence-corrected chi connectivity index (χ3v) is 4.01. The lowest BCUT2D eigenvalue weighted by Crippen LogP contribution is -2.32. The number of nitrogens with zero attached hydrogens (tertiary/aromatic N) is 2. The molecule has 2 atom stereocenters. The molecule has 0 aromatic heterocycles. The highest BCUT2D eigenvalue weighted by Crippen LogP contribution is 2.39. The van der Waals surface area contributed by atoms with Crippen LogP contribution in [0.5, 0.6) is 0 Å². The summed E-state index contributed by atoms with van der Waals surface area (Å²) in [5, 5.41) is 14.7. The zero-order chi connectivity index (χ0) is 14.7. The minimum atomic E-state index is -0.269. The molecule has 0 bridgehead atoms. The first-order valence-electron chi connectivity index (χ1n) is 7.17. The zero-order valence-electron chi connectivity index (χ0n) is 12.4. The number of hydrogen-bond donors (Lipinski definition) is 1. The van der Waals surface area contributed by atoms with Crippen molar-refractivity contribution < 1.29 is 4.92 Å². The van der Waals surface area contributed by atoms with Crippen LogP contribution in [-0.4, -0.2) is 36.0 Å². The van der Waals surface area contributed by atoms with Crippen LogP contribution in [0.2, 0.25) is 0 Å². The average molecular weight is 277 g/mol. The highest BCUT2D eigenvalue weighted by Gasteiger charge is 2.36. The van der Waals surface area contributed by atoms with E-state index in [4.69, 9.17) is 0 Å². The molecular weight excluding hydrogens is 254 g/mol. The maximum absolute atomic E-state index is 11.2. The van der Waals surface area contributed by atoms with Gasteiger partial charge in [0.1, 0.15) is 0 Å². The molecule has 1 saturated heterocycles. The molecular formula is C15H23N3O2. The molecule has 2 unspecified atom stereocenters. The Bertz CT molecular complexity index is 476. The molecule has 1 aliphatic heterocycles. The summed E-state index contributed by atoms with van der Waals surface area (Å²) in [6.07, 6.45) is 1.08. The van der Waals surface area contributed by atoms with Gasteiger partial charge >= 0.3 is 0 Å². The second kappa shape index (κ2) is 6.33. The number of benzene rings is 1. The van der Waals surface area contributed by atoms with Gasteiger partial charge in [-0.25, -0.2) is 0 Å². The first kappa shape index (κ1) is 14.9. The van der Waals surface area contributed by atoms with E-state index in [1.54, 1.807) is 12.1 Å². The standard InChI is InChI=1S/C15H23N3O2/c1-11(2)16-10-12-8-9-17(3)15(12)13-6-4-5-7-14(13)18(19)20/h4-7,11-12,15-16H,8-10H2,1-3H3. The van der Waals surface area contributed by atoms with Gasteiger partial charge in [0.15, 0.2) is 0 Å². The van der Waals surface area contributed by atoms with Gasteiger partial charge in [-0.2, -0.15) is 0 Å². The normalized spacial score (nSPS) is 23.4. The zero-order valence-corrected chi connectivity index (χ0v) is 12.4. The number of para-hydroxylation sites is 1. The van der Waals surface area contributed by atoms with Gasteiger partial charge < -0.3 is 5.32 Å². The van der Waals surface area contributed by atoms with Crippen LogP contribution in [0.25, 0.3) is 0 Å². The fourth-order valence-electron chi connectivity index (χ4n) is 3.02. The van der Waals surface area contributed by atoms with Crippen LogP contribution in [0.15, 0.2) is 24.3 Å². The highest BCUT2D eigenvalue weighted by atomic mass is 16.6. The molecule has 1 aromatic rings. The fraction of sp³-hybridized carbons (Fsp3) is 0.600. The van der Waals surface area contributed by atoms with E-state index in [1.807, 2.05) is 12.1 Å². The van der Waals surface area contributed by atoms with E-state index in [0.29, 0.717) is 12.0 Å². The minimum Gasteiger partial charge on any atom is -0.314 e. The maximum Gasteiger partial charge on any atom is 0.274 e. The monoisotopic (exact) mass is 277 g/mol. The summed E-state index contributed by atoms with van der Waals surface area (Å²) in [4.78, 5) is 13.2. The molecule has 0 aliphatic carbocycles. The van der Waals surface area contributed by atoms with Crippen molar-refractivity contribution >= 4 is 5.69 Å². The first-order valence-corrected chi connectivity index (χ1v) is 7.17. The van der Waals surface area contributed by atoms with Crippen LogP contribution in [-0.2, 0) is 0 Å². The maximum atomic E-state index is 11.2. The molecule has 1 aliphatic rings. The Balaban J connectivity index is 2.26. The summed E-state index contributed by atoms with van der Waals surface area (Å²) in [6, 6.07) is 7.69. The molecule has 1 heterocycles. The van der Waals surface area contributed by atoms with E-state index in [-0.39, 0.29) is 16.7 Å². The molecule has 1 fully saturated rings. The highest BCUT2D eigenvalue weighted by molar-refractivity contribution is 5.42. The molecule has 20 heavy (non-hydrogen) atoms. The summed E-state index contributed by atoms with van der Waals surface area (Å²) in [7, 11) is 2.05. The molecule has 5 nitrogen and oxygen atoms in total. The molecule has 1 N–H and O–H groups in total. The predicted octanol–water partition coefficient (Wildman–Crippen LogP) is 2.59. The lowest BCUT2D eigenvalue weighted by atomic mass is 9.92. The third-order valence-electron chi connectivity index (χ3n) is 4.01. The number of nitrogens with one attached hydrogen (secondary N) is 1. The topological polar surface area (TPSA) is 58.4 Å². The van der Waals surface area contributed by atoms with Gasteiger partial charge in [0.2, 0.25) is 0 Å². The fourth-order valence-corrected chi connectivity index (χ4v) is 3.02. The van der Waals surface area contributed by atoms with Crippen molar-refractivity contribution in [2.75, 3.05) is 20.1 Å². The van der Waals surface area contributed by atoms with Crippen LogP contribution in [0.1, 0.15) is 31.9 Å². The number of likely N-dealkylation sites (tertiary alicyclic amines) is 1. The third kappa shape index (κ3) is 3.16. The van der Waals surface area contributed by atoms with Crippen LogP contribution in [0, 0.1) is 16.0 Å². The van der Waals surface area contributed by atoms with Crippen LogP contribution >= 0.6 is 0 Å². The summed E-state index contributed by atoms with van der Waals surface area (Å²) in [5.74, 6) is 0.420. The molecule has 0 spiro atoms. The Morgan fingerprint density at radius 1 is 1.45 bits per heavy atom. The second-order valence-electron chi connectivity index (χ2n) is 5.85. The van der Waals surface area contributed by atoms with Crippen molar-refractivity contribution in [3.63, 3.8) is 0 Å². The minimum absolute atomic E-state index is 0.128. The summed E-state index contributed by atoms with van der Waals surface area (Å²) >= 11 is 0. The second-order valence-corrected chi connectivity index (χ2v) is 5.85. The van der Waals surface area contributed by atoms with E-state index >= 15 is 0 Å². The number of nitro groups is 1. The molecule has 5 heteroatoms. The van der Waals surface area contributed by atoms with E-state index in [9.17, 15) is 10.1 Å². The molecule has 2 rings (SSSR count). The van der Waals surface area contributed by atoms with E-state index in [2.05, 4.69) is 31.1 Å². The van der Waals surface area contributed by atoms with Gasteiger partial charge in [-0.15, -0.1) is 0 Å². The lowest BCUT2D eigenvalue weighted by Gasteiger charge is -2.26. The number of rotatable bonds is 5. The first-order chi connectivity index (χ1) is 9.50. The predicted molar refractivity (Wildman–Crippen MR) is 79.7 cm³/mol. The Labute approximate surface area is 120 Å². The van der Waals surface area contributed by atoms with Gasteiger partial charge in [-0.3, -0.25) is 15.0 Å². The van der Waals surface area contributed by atoms with Crippen LogP contribution in [0.3, 0.4) is 0 Å². The van der Waals surface area contributed by atoms with Crippen molar-refractivity contribution in [2.45, 2.75) is 32.4 Å². The van der Waals surface area contributed by atoms with Crippen LogP contribution < -0.4 is 5.32 Å². The molecule has 110 valence electrons. The van der Waals surface area contributed by atoms with Gasteiger partial charge in [0, 0.05) is 30.3 Å². The summed E-state index contributed by atoms with van der Waals surface area (Å²) < 4.78 is 0. The smallest absolute Gasteiger partial charge is 0.274 e. The quantitative estimate of drug-likeness (QED) is 0.664. The average Bonchev–Trinajstić information content (AvgIpc) is 2.77. The van der Waals surface area contributed by atoms with E-state index in [0.717, 1.165) is 25.1 Å². The largest absolute Gasteiger partial charge is 0.314 e. The SMILES string of the molecule is CC(C)NCC1CCN(C)C1c1ccccc1[N+](=O)[O-]. The molecule has 1 aromatic carbocycles. The lowest BCUT2D eigenvalue weighted by molar-refractivity contribution is -0.386. The van der Waals surface area contributed by atoms with Crippen molar-refractivity contribution in [3.05, 3.63) is 39.9 Å². The Hall–Kier alpha value is -1.46. The van der Waals surface area contributed by atoms with Gasteiger partial charge in [-0.1, -0.05) is 32.0 Å². The summed E-state index contributed by atoms with van der Waals surface area (Å²) in [5.41, 5.74) is 1.08. The van der Waals surface area contributed by atoms with Gasteiger partial charge in [-0.05, 0) is 25.9 Å². The number of hydrogen-bond acceptors (Lipinski definition) is 4. The Morgan fingerprint density at radius 3 is 2.80 bits per heavy atom. The van der Waals surface area contributed by atoms with Gasteiger partial charge in [0.05, 0.1) is 4.92 Å². The van der Waals surface area contributed by atoms with Gasteiger partial charge in [0.25, 0.3) is 5.69 Å². The molecule has 0 amide bonds. The van der Waals surface area contributed by atoms with Crippen molar-refractivity contribution in [2.24, 2.45) is 5.92 Å². The van der Waals surface area contributed by atoms with Crippen molar-refractivity contribution in [1.82, 2.24) is 10.2 Å². The Morgan fingerprint density at radius 2 is 2.15 bits per heavy atom. The van der Waals surface area contributed by atoms with E-state index in [1.165, 1.54) is 0 Å². The summed E-state index contributed by atoms with van der Waals surface area (Å²) in [6.45, 7) is 6.14. The van der Waals surface area contributed by atoms with Crippen molar-refractivity contribution in [1.29, 1.82) is 0 Å². The van der Waals surface area contributed by atoms with Crippen LogP contribution in [0.4, 0.5) is 5.69 Å². The molecule has 0 saturated carbocycles. The van der Waals surface area contributed by atoms with Crippen molar-refractivity contribution in [3.8, 4) is 0 Å².